The van der Waals surface area contributed by atoms with E-state index in [1.54, 1.807) is 26.0 Å². The summed E-state index contributed by atoms with van der Waals surface area (Å²) in [5.74, 6) is -1.21. The van der Waals surface area contributed by atoms with Crippen LogP contribution in [0.15, 0.2) is 29.3 Å². The van der Waals surface area contributed by atoms with Gasteiger partial charge in [-0.25, -0.2) is 22.5 Å². The second-order valence-electron chi connectivity index (χ2n) is 5.64. The molecule has 0 fully saturated rings. The van der Waals surface area contributed by atoms with E-state index in [0.29, 0.717) is 16.1 Å². The molecule has 0 radical (unpaired) electrons. The highest BCUT2D eigenvalue weighted by Gasteiger charge is 2.20. The van der Waals surface area contributed by atoms with Crippen LogP contribution in [0.1, 0.15) is 20.2 Å². The highest BCUT2D eigenvalue weighted by molar-refractivity contribution is 7.89. The summed E-state index contributed by atoms with van der Waals surface area (Å²) in [5.41, 5.74) is 0.856. The first-order chi connectivity index (χ1) is 12.1. The van der Waals surface area contributed by atoms with Gasteiger partial charge in [-0.15, -0.1) is 11.3 Å². The number of nitrogens with one attached hydrogen (secondary N) is 1. The third-order valence-corrected chi connectivity index (χ3v) is 6.24. The second-order valence-corrected chi connectivity index (χ2v) is 8.99. The molecule has 1 aromatic carbocycles. The minimum absolute atomic E-state index is 0.0948. The molecule has 0 aliphatic rings. The van der Waals surface area contributed by atoms with Crippen molar-refractivity contribution in [2.45, 2.75) is 18.7 Å². The summed E-state index contributed by atoms with van der Waals surface area (Å²) in [6, 6.07) is 4.55. The number of anilines is 1. The first-order valence-electron chi connectivity index (χ1n) is 7.54. The molecule has 0 spiro atoms. The fourth-order valence-electron chi connectivity index (χ4n) is 2.01. The van der Waals surface area contributed by atoms with E-state index in [0.717, 1.165) is 9.31 Å². The molecule has 1 aromatic heterocycles. The summed E-state index contributed by atoms with van der Waals surface area (Å²) < 4.78 is 30.6. The number of hydrogen-bond acceptors (Lipinski definition) is 7. The Labute approximate surface area is 155 Å². The SMILES string of the molecule is Cc1ncc(C(=O)OCC(=O)Nc2ccc(C)c(S(=O)(=O)N(C)C)c2)s1. The van der Waals surface area contributed by atoms with E-state index >= 15 is 0 Å². The number of carbonyl (C=O) groups is 2. The normalized spacial score (nSPS) is 11.4. The lowest BCUT2D eigenvalue weighted by atomic mass is 10.2. The van der Waals surface area contributed by atoms with Crippen molar-refractivity contribution in [1.82, 2.24) is 9.29 Å². The Morgan fingerprint density at radius 3 is 2.54 bits per heavy atom. The van der Waals surface area contributed by atoms with E-state index in [4.69, 9.17) is 4.74 Å². The highest BCUT2D eigenvalue weighted by atomic mass is 32.2. The monoisotopic (exact) mass is 397 g/mol. The van der Waals surface area contributed by atoms with Gasteiger partial charge in [0, 0.05) is 19.8 Å². The minimum atomic E-state index is -3.63. The number of nitrogens with zero attached hydrogens (tertiary/aromatic N) is 2. The van der Waals surface area contributed by atoms with Crippen LogP contribution < -0.4 is 5.32 Å². The number of hydrogen-bond donors (Lipinski definition) is 1. The quantitative estimate of drug-likeness (QED) is 0.745. The molecule has 0 aliphatic heterocycles. The Hall–Kier alpha value is -2.30. The molecule has 0 aliphatic carbocycles. The van der Waals surface area contributed by atoms with Gasteiger partial charge in [0.15, 0.2) is 6.61 Å². The molecule has 2 aromatic rings. The van der Waals surface area contributed by atoms with Crippen LogP contribution in [0.5, 0.6) is 0 Å². The predicted molar refractivity (Wildman–Crippen MR) is 97.8 cm³/mol. The van der Waals surface area contributed by atoms with Gasteiger partial charge in [-0.1, -0.05) is 6.07 Å². The number of aryl methyl sites for hydroxylation is 2. The lowest BCUT2D eigenvalue weighted by Crippen LogP contribution is -2.24. The summed E-state index contributed by atoms with van der Waals surface area (Å²) in [6.07, 6.45) is 1.39. The summed E-state index contributed by atoms with van der Waals surface area (Å²) >= 11 is 1.17. The molecule has 26 heavy (non-hydrogen) atoms. The Balaban J connectivity index is 2.04. The zero-order valence-corrected chi connectivity index (χ0v) is 16.4. The van der Waals surface area contributed by atoms with Gasteiger partial charge in [-0.05, 0) is 31.5 Å². The molecule has 140 valence electrons. The molecular weight excluding hydrogens is 378 g/mol. The molecular formula is C16H19N3O5S2. The summed E-state index contributed by atoms with van der Waals surface area (Å²) in [4.78, 5) is 28.1. The van der Waals surface area contributed by atoms with E-state index in [-0.39, 0.29) is 4.90 Å². The Morgan fingerprint density at radius 2 is 1.96 bits per heavy atom. The molecule has 2 rings (SSSR count). The second kappa shape index (κ2) is 7.94. The molecule has 0 atom stereocenters. The van der Waals surface area contributed by atoms with Crippen LogP contribution in [0.3, 0.4) is 0 Å². The van der Waals surface area contributed by atoms with Crippen molar-refractivity contribution < 1.29 is 22.7 Å². The van der Waals surface area contributed by atoms with Gasteiger partial charge in [0.05, 0.1) is 16.1 Å². The zero-order valence-electron chi connectivity index (χ0n) is 14.8. The van der Waals surface area contributed by atoms with E-state index in [1.165, 1.54) is 37.7 Å². The topological polar surface area (TPSA) is 106 Å². The largest absolute Gasteiger partial charge is 0.451 e. The van der Waals surface area contributed by atoms with Crippen molar-refractivity contribution in [3.63, 3.8) is 0 Å². The molecule has 8 nitrogen and oxygen atoms in total. The molecule has 0 saturated heterocycles. The van der Waals surface area contributed by atoms with Gasteiger partial charge in [-0.2, -0.15) is 0 Å². The third-order valence-electron chi connectivity index (χ3n) is 3.39. The van der Waals surface area contributed by atoms with E-state index in [1.807, 2.05) is 0 Å². The number of esters is 1. The van der Waals surface area contributed by atoms with Gasteiger partial charge in [-0.3, -0.25) is 4.79 Å². The summed E-state index contributed by atoms with van der Waals surface area (Å²) in [5, 5.41) is 3.24. The number of sulfonamides is 1. The maximum atomic E-state index is 12.3. The van der Waals surface area contributed by atoms with Crippen molar-refractivity contribution in [2.75, 3.05) is 26.0 Å². The molecule has 1 N–H and O–H groups in total. The third kappa shape index (κ3) is 4.65. The van der Waals surface area contributed by atoms with E-state index < -0.39 is 28.5 Å². The number of amides is 1. The minimum Gasteiger partial charge on any atom is -0.451 e. The number of thiazole rings is 1. The molecule has 10 heteroatoms. The lowest BCUT2D eigenvalue weighted by Gasteiger charge is -2.15. The molecule has 1 amide bonds. The van der Waals surface area contributed by atoms with Gasteiger partial charge in [0.1, 0.15) is 4.88 Å². The molecule has 1 heterocycles. The van der Waals surface area contributed by atoms with Crippen LogP contribution >= 0.6 is 11.3 Å². The van der Waals surface area contributed by atoms with Crippen molar-refractivity contribution >= 4 is 38.9 Å². The standard InChI is InChI=1S/C16H19N3O5S2/c1-10-5-6-12(7-14(10)26(22,23)19(3)4)18-15(20)9-24-16(21)13-8-17-11(2)25-13/h5-8H,9H2,1-4H3,(H,18,20). The van der Waals surface area contributed by atoms with Crippen LogP contribution in [0.25, 0.3) is 0 Å². The first-order valence-corrected chi connectivity index (χ1v) is 9.79. The number of benzene rings is 1. The Bertz CT molecular complexity index is 935. The lowest BCUT2D eigenvalue weighted by molar-refractivity contribution is -0.119. The molecule has 0 saturated carbocycles. The van der Waals surface area contributed by atoms with Gasteiger partial charge in [0.2, 0.25) is 10.0 Å². The number of rotatable bonds is 6. The summed E-state index contributed by atoms with van der Waals surface area (Å²) in [7, 11) is -0.772. The van der Waals surface area contributed by atoms with Crippen LogP contribution in [0, 0.1) is 13.8 Å². The van der Waals surface area contributed by atoms with Crippen LogP contribution in [0.4, 0.5) is 5.69 Å². The molecule has 0 bridgehead atoms. The average molecular weight is 397 g/mol. The maximum absolute atomic E-state index is 12.3. The summed E-state index contributed by atoms with van der Waals surface area (Å²) in [6.45, 7) is 2.94. The van der Waals surface area contributed by atoms with Crippen LogP contribution in [-0.2, 0) is 19.6 Å². The van der Waals surface area contributed by atoms with Gasteiger partial charge >= 0.3 is 5.97 Å². The van der Waals surface area contributed by atoms with Crippen molar-refractivity contribution in [3.8, 4) is 0 Å². The predicted octanol–water partition coefficient (Wildman–Crippen LogP) is 1.81. The van der Waals surface area contributed by atoms with Crippen LogP contribution in [-0.4, -0.2) is 50.3 Å². The maximum Gasteiger partial charge on any atom is 0.350 e. The molecule has 0 unspecified atom stereocenters. The fourth-order valence-corrected chi connectivity index (χ4v) is 3.82. The highest BCUT2D eigenvalue weighted by Crippen LogP contribution is 2.22. The Kier molecular flexibility index (Phi) is 6.11. The van der Waals surface area contributed by atoms with E-state index in [2.05, 4.69) is 10.3 Å². The van der Waals surface area contributed by atoms with E-state index in [9.17, 15) is 18.0 Å². The number of aromatic nitrogens is 1. The smallest absolute Gasteiger partial charge is 0.350 e. The number of ether oxygens (including phenoxy) is 1. The van der Waals surface area contributed by atoms with Gasteiger partial charge < -0.3 is 10.1 Å². The van der Waals surface area contributed by atoms with Gasteiger partial charge in [0.25, 0.3) is 5.91 Å². The number of carbonyl (C=O) groups excluding carboxylic acids is 2. The first kappa shape index (κ1) is 20.0. The van der Waals surface area contributed by atoms with Crippen LogP contribution in [0.2, 0.25) is 0 Å². The zero-order chi connectivity index (χ0) is 19.5. The van der Waals surface area contributed by atoms with Crippen molar-refractivity contribution in [3.05, 3.63) is 39.8 Å². The van der Waals surface area contributed by atoms with Crippen molar-refractivity contribution in [2.24, 2.45) is 0 Å². The average Bonchev–Trinajstić information content (AvgIpc) is 3.00. The fraction of sp³-hybridized carbons (Fsp3) is 0.312. The Morgan fingerprint density at radius 1 is 1.27 bits per heavy atom. The van der Waals surface area contributed by atoms with Crippen molar-refractivity contribution in [1.29, 1.82) is 0 Å².